The number of benzene rings is 3. The van der Waals surface area contributed by atoms with Crippen molar-refractivity contribution in [2.24, 2.45) is 0 Å². The summed E-state index contributed by atoms with van der Waals surface area (Å²) in [5.74, 6) is 0. The molecular weight excluding hydrogens is 276 g/mol. The predicted octanol–water partition coefficient (Wildman–Crippen LogP) is 3.99. The molecule has 0 amide bonds. The van der Waals surface area contributed by atoms with Crippen molar-refractivity contribution in [1.29, 1.82) is 0 Å². The van der Waals surface area contributed by atoms with Crippen LogP contribution in [0.2, 0.25) is 0 Å². The van der Waals surface area contributed by atoms with E-state index in [9.17, 15) is 0 Å². The zero-order chi connectivity index (χ0) is 9.38. The van der Waals surface area contributed by atoms with Gasteiger partial charge in [-0.1, -0.05) is 48.5 Å². The third kappa shape index (κ3) is 1.84. The Morgan fingerprint density at radius 3 is 1.00 bits per heavy atom. The molecule has 0 unspecified atom stereocenters. The normalized spacial score (nSPS) is 10.1. The van der Waals surface area contributed by atoms with E-state index < -0.39 is 0 Å². The summed E-state index contributed by atoms with van der Waals surface area (Å²) < 4.78 is 0. The first-order valence-electron chi connectivity index (χ1n) is 4.81. The van der Waals surface area contributed by atoms with E-state index in [1.807, 2.05) is 0 Å². The second-order valence-electron chi connectivity index (χ2n) is 3.55. The van der Waals surface area contributed by atoms with Crippen LogP contribution in [0.15, 0.2) is 60.7 Å². The van der Waals surface area contributed by atoms with Crippen molar-refractivity contribution in [1.82, 2.24) is 0 Å². The number of hydrogen-bond acceptors (Lipinski definition) is 0. The standard InChI is InChI=1S/C14H10.Ag/c1-2-6-12-10-14-8-4-3-7-13(14)9-11(12)5-1;/h1-10H;. The Balaban J connectivity index is 0.000000853. The Morgan fingerprint density at radius 1 is 0.467 bits per heavy atom. The molecule has 0 aliphatic heterocycles. The van der Waals surface area contributed by atoms with Gasteiger partial charge in [-0.15, -0.1) is 0 Å². The maximum Gasteiger partial charge on any atom is 0 e. The quantitative estimate of drug-likeness (QED) is 0.433. The van der Waals surface area contributed by atoms with Gasteiger partial charge in [0.1, 0.15) is 0 Å². The van der Waals surface area contributed by atoms with Gasteiger partial charge in [-0.3, -0.25) is 0 Å². The smallest absolute Gasteiger partial charge is 0 e. The third-order valence-electron chi connectivity index (χ3n) is 2.61. The summed E-state index contributed by atoms with van der Waals surface area (Å²) in [7, 11) is 0. The summed E-state index contributed by atoms with van der Waals surface area (Å²) in [6.45, 7) is 0. The minimum atomic E-state index is 0. The van der Waals surface area contributed by atoms with Gasteiger partial charge in [0.15, 0.2) is 0 Å². The third-order valence-corrected chi connectivity index (χ3v) is 2.61. The van der Waals surface area contributed by atoms with Crippen molar-refractivity contribution in [3.05, 3.63) is 60.7 Å². The van der Waals surface area contributed by atoms with Crippen LogP contribution in [0.25, 0.3) is 21.5 Å². The minimum absolute atomic E-state index is 0. The fraction of sp³-hybridized carbons (Fsp3) is 0. The number of hydrogen-bond donors (Lipinski definition) is 0. The largest absolute Gasteiger partial charge is 0.0616 e. The Hall–Kier alpha value is -1.08. The molecule has 3 rings (SSSR count). The van der Waals surface area contributed by atoms with E-state index in [-0.39, 0.29) is 22.4 Å². The molecular formula is C14H10Ag. The summed E-state index contributed by atoms with van der Waals surface area (Å²) in [6.07, 6.45) is 0. The molecule has 0 aliphatic rings. The van der Waals surface area contributed by atoms with E-state index in [0.717, 1.165) is 0 Å². The Morgan fingerprint density at radius 2 is 0.733 bits per heavy atom. The average Bonchev–Trinajstić information content (AvgIpc) is 2.26. The maximum atomic E-state index is 2.24. The van der Waals surface area contributed by atoms with E-state index in [0.29, 0.717) is 0 Å². The molecule has 0 spiro atoms. The molecule has 0 bridgehead atoms. The number of fused-ring (bicyclic) bond motifs is 2. The molecule has 0 aromatic heterocycles. The Kier molecular flexibility index (Phi) is 2.92. The van der Waals surface area contributed by atoms with Gasteiger partial charge in [0.2, 0.25) is 0 Å². The molecule has 0 atom stereocenters. The first kappa shape index (κ1) is 10.4. The molecule has 1 radical (unpaired) electrons. The fourth-order valence-corrected chi connectivity index (χ4v) is 1.88. The summed E-state index contributed by atoms with van der Waals surface area (Å²) in [5.41, 5.74) is 0. The summed E-state index contributed by atoms with van der Waals surface area (Å²) in [6, 6.07) is 21.4. The monoisotopic (exact) mass is 285 g/mol. The van der Waals surface area contributed by atoms with E-state index in [4.69, 9.17) is 0 Å². The summed E-state index contributed by atoms with van der Waals surface area (Å²) in [5, 5.41) is 5.25. The van der Waals surface area contributed by atoms with Gasteiger partial charge in [-0.05, 0) is 33.7 Å². The van der Waals surface area contributed by atoms with Crippen molar-refractivity contribution in [2.75, 3.05) is 0 Å². The van der Waals surface area contributed by atoms with Crippen molar-refractivity contribution in [2.45, 2.75) is 0 Å². The molecule has 0 N–H and O–H groups in total. The van der Waals surface area contributed by atoms with Crippen LogP contribution in [0.3, 0.4) is 0 Å². The molecule has 3 aromatic rings. The van der Waals surface area contributed by atoms with Gasteiger partial charge in [-0.2, -0.15) is 0 Å². The molecule has 0 fully saturated rings. The molecule has 0 saturated carbocycles. The first-order valence-corrected chi connectivity index (χ1v) is 4.81. The second-order valence-corrected chi connectivity index (χ2v) is 3.55. The van der Waals surface area contributed by atoms with Gasteiger partial charge in [0.05, 0.1) is 0 Å². The minimum Gasteiger partial charge on any atom is -0.0616 e. The van der Waals surface area contributed by atoms with E-state index in [1.54, 1.807) is 0 Å². The molecule has 3 aromatic carbocycles. The van der Waals surface area contributed by atoms with Crippen molar-refractivity contribution < 1.29 is 22.4 Å². The first-order chi connectivity index (χ1) is 6.93. The molecule has 15 heavy (non-hydrogen) atoms. The molecule has 77 valence electrons. The van der Waals surface area contributed by atoms with Gasteiger partial charge in [0.25, 0.3) is 0 Å². The molecule has 0 aliphatic carbocycles. The van der Waals surface area contributed by atoms with Crippen LogP contribution in [0.4, 0.5) is 0 Å². The van der Waals surface area contributed by atoms with Crippen LogP contribution >= 0.6 is 0 Å². The SMILES string of the molecule is [Ag].c1ccc2cc3ccccc3cc2c1. The van der Waals surface area contributed by atoms with Crippen LogP contribution in [0.1, 0.15) is 0 Å². The van der Waals surface area contributed by atoms with Crippen LogP contribution in [-0.4, -0.2) is 0 Å². The predicted molar refractivity (Wildman–Crippen MR) is 61.5 cm³/mol. The van der Waals surface area contributed by atoms with Crippen LogP contribution < -0.4 is 0 Å². The molecule has 0 saturated heterocycles. The van der Waals surface area contributed by atoms with Gasteiger partial charge >= 0.3 is 0 Å². The van der Waals surface area contributed by atoms with E-state index in [1.165, 1.54) is 21.5 Å². The Labute approximate surface area is 104 Å². The van der Waals surface area contributed by atoms with Gasteiger partial charge < -0.3 is 0 Å². The average molecular weight is 286 g/mol. The van der Waals surface area contributed by atoms with E-state index in [2.05, 4.69) is 60.7 Å². The zero-order valence-corrected chi connectivity index (χ0v) is 9.56. The summed E-state index contributed by atoms with van der Waals surface area (Å²) in [4.78, 5) is 0. The number of rotatable bonds is 0. The zero-order valence-electron chi connectivity index (χ0n) is 8.08. The topological polar surface area (TPSA) is 0 Å². The van der Waals surface area contributed by atoms with Crippen molar-refractivity contribution >= 4 is 21.5 Å². The molecule has 0 heterocycles. The second kappa shape index (κ2) is 4.19. The van der Waals surface area contributed by atoms with Crippen LogP contribution in [-0.2, 0) is 22.4 Å². The van der Waals surface area contributed by atoms with Crippen LogP contribution in [0.5, 0.6) is 0 Å². The van der Waals surface area contributed by atoms with Gasteiger partial charge in [-0.25, -0.2) is 0 Å². The maximum absolute atomic E-state index is 2.24. The Bertz CT molecular complexity index is 494. The van der Waals surface area contributed by atoms with E-state index >= 15 is 0 Å². The molecule has 1 heteroatoms. The van der Waals surface area contributed by atoms with Gasteiger partial charge in [0, 0.05) is 22.4 Å². The fourth-order valence-electron chi connectivity index (χ4n) is 1.88. The van der Waals surface area contributed by atoms with Crippen molar-refractivity contribution in [3.8, 4) is 0 Å². The van der Waals surface area contributed by atoms with Crippen molar-refractivity contribution in [3.63, 3.8) is 0 Å². The van der Waals surface area contributed by atoms with Crippen LogP contribution in [0, 0.1) is 0 Å². The molecule has 0 nitrogen and oxygen atoms in total. The summed E-state index contributed by atoms with van der Waals surface area (Å²) >= 11 is 0.